The predicted octanol–water partition coefficient (Wildman–Crippen LogP) is 3.44. The van der Waals surface area contributed by atoms with Gasteiger partial charge in [0.05, 0.1) is 5.02 Å². The fourth-order valence-electron chi connectivity index (χ4n) is 0.680. The molecule has 62 valence electrons. The van der Waals surface area contributed by atoms with Gasteiger partial charge < -0.3 is 5.11 Å². The molecule has 0 heterocycles. The largest absolute Gasteiger partial charge is 0.508 e. The van der Waals surface area contributed by atoms with Gasteiger partial charge in [0.15, 0.2) is 0 Å². The maximum Gasteiger partial charge on any atom is 0.117 e. The van der Waals surface area contributed by atoms with Crippen molar-refractivity contribution >= 4 is 41.7 Å². The minimum Gasteiger partial charge on any atom is -0.508 e. The Balaban J connectivity index is 3.01. The SMILES string of the molecule is Oc1ccc(C#CSI)c(Cl)c1. The first kappa shape index (κ1) is 10.0. The van der Waals surface area contributed by atoms with Crippen LogP contribution in [0.1, 0.15) is 5.56 Å². The molecule has 12 heavy (non-hydrogen) atoms. The summed E-state index contributed by atoms with van der Waals surface area (Å²) < 4.78 is 0. The molecule has 1 aromatic rings. The summed E-state index contributed by atoms with van der Waals surface area (Å²) in [6.45, 7) is 0. The molecule has 0 aliphatic heterocycles. The fourth-order valence-corrected chi connectivity index (χ4v) is 1.38. The van der Waals surface area contributed by atoms with Crippen LogP contribution < -0.4 is 0 Å². The van der Waals surface area contributed by atoms with E-state index in [4.69, 9.17) is 16.7 Å². The van der Waals surface area contributed by atoms with E-state index in [1.54, 1.807) is 12.1 Å². The molecule has 0 aromatic heterocycles. The van der Waals surface area contributed by atoms with Gasteiger partial charge in [-0.25, -0.2) is 0 Å². The van der Waals surface area contributed by atoms with E-state index in [0.717, 1.165) is 5.56 Å². The molecule has 1 nitrogen and oxygen atoms in total. The van der Waals surface area contributed by atoms with E-state index in [0.29, 0.717) is 5.02 Å². The van der Waals surface area contributed by atoms with E-state index in [2.05, 4.69) is 32.4 Å². The van der Waals surface area contributed by atoms with E-state index in [1.165, 1.54) is 15.0 Å². The lowest BCUT2D eigenvalue weighted by molar-refractivity contribution is 0.475. The van der Waals surface area contributed by atoms with Crippen molar-refractivity contribution in [2.45, 2.75) is 0 Å². The van der Waals surface area contributed by atoms with Crippen LogP contribution in [0, 0.1) is 11.2 Å². The molecule has 0 unspecified atom stereocenters. The second-order valence-electron chi connectivity index (χ2n) is 1.97. The maximum absolute atomic E-state index is 9.02. The van der Waals surface area contributed by atoms with Crippen LogP contribution in [0.4, 0.5) is 0 Å². The Morgan fingerprint density at radius 3 is 2.83 bits per heavy atom. The lowest BCUT2D eigenvalue weighted by Crippen LogP contribution is -1.75. The highest BCUT2D eigenvalue weighted by Crippen LogP contribution is 2.21. The summed E-state index contributed by atoms with van der Waals surface area (Å²) in [5, 5.41) is 12.3. The van der Waals surface area contributed by atoms with Gasteiger partial charge in [0.2, 0.25) is 0 Å². The maximum atomic E-state index is 9.02. The number of phenols is 1. The molecule has 1 N–H and O–H groups in total. The molecule has 0 bridgehead atoms. The highest BCUT2D eigenvalue weighted by atomic mass is 127. The predicted molar refractivity (Wildman–Crippen MR) is 61.6 cm³/mol. The standard InChI is InChI=1S/C8H4ClIOS/c9-8-5-7(11)2-1-6(8)3-4-12-10/h1-2,5,11H. The third-order valence-corrected chi connectivity index (χ3v) is 2.33. The Labute approximate surface area is 92.1 Å². The lowest BCUT2D eigenvalue weighted by Gasteiger charge is -1.95. The lowest BCUT2D eigenvalue weighted by atomic mass is 10.2. The van der Waals surface area contributed by atoms with Crippen molar-refractivity contribution in [3.05, 3.63) is 28.8 Å². The van der Waals surface area contributed by atoms with E-state index in [-0.39, 0.29) is 5.75 Å². The van der Waals surface area contributed by atoms with Gasteiger partial charge in [-0.3, -0.25) is 0 Å². The first-order chi connectivity index (χ1) is 5.74. The number of benzene rings is 1. The van der Waals surface area contributed by atoms with Gasteiger partial charge in [-0.2, -0.15) is 0 Å². The molecule has 4 heteroatoms. The molecule has 1 rings (SSSR count). The van der Waals surface area contributed by atoms with Crippen LogP contribution in [0.25, 0.3) is 0 Å². The van der Waals surface area contributed by atoms with E-state index >= 15 is 0 Å². The number of aromatic hydroxyl groups is 1. The summed E-state index contributed by atoms with van der Waals surface area (Å²) in [7, 11) is 1.40. The number of hydrogen-bond acceptors (Lipinski definition) is 2. The highest BCUT2D eigenvalue weighted by molar-refractivity contribution is 14.2. The molecule has 0 radical (unpaired) electrons. The molecule has 0 fully saturated rings. The zero-order valence-electron chi connectivity index (χ0n) is 5.84. The van der Waals surface area contributed by atoms with Gasteiger partial charge in [0.25, 0.3) is 0 Å². The summed E-state index contributed by atoms with van der Waals surface area (Å²) in [5.41, 5.74) is 0.735. The second-order valence-corrected chi connectivity index (χ2v) is 4.06. The van der Waals surface area contributed by atoms with Crippen molar-refractivity contribution in [3.8, 4) is 16.9 Å². The van der Waals surface area contributed by atoms with Crippen molar-refractivity contribution < 1.29 is 5.11 Å². The Kier molecular flexibility index (Phi) is 4.06. The quantitative estimate of drug-likeness (QED) is 0.585. The van der Waals surface area contributed by atoms with E-state index in [1.807, 2.05) is 0 Å². The Bertz CT molecular complexity index is 343. The van der Waals surface area contributed by atoms with E-state index < -0.39 is 0 Å². The summed E-state index contributed by atoms with van der Waals surface area (Å²) >= 11 is 7.87. The molecular weight excluding hydrogens is 307 g/mol. The molecule has 0 saturated heterocycles. The summed E-state index contributed by atoms with van der Waals surface area (Å²) in [6.07, 6.45) is 0. The number of hydrogen-bond donors (Lipinski definition) is 1. The minimum atomic E-state index is 0.160. The summed E-state index contributed by atoms with van der Waals surface area (Å²) in [6, 6.07) is 4.73. The van der Waals surface area contributed by atoms with Gasteiger partial charge in [-0.15, -0.1) is 0 Å². The number of phenolic OH excluding ortho intramolecular Hbond substituents is 1. The molecule has 0 aliphatic rings. The highest BCUT2D eigenvalue weighted by Gasteiger charge is 1.96. The van der Waals surface area contributed by atoms with Crippen LogP contribution in [0.2, 0.25) is 5.02 Å². The first-order valence-corrected chi connectivity index (χ1v) is 6.75. The van der Waals surface area contributed by atoms with Crippen LogP contribution in [-0.4, -0.2) is 5.11 Å². The van der Waals surface area contributed by atoms with Crippen molar-refractivity contribution in [2.24, 2.45) is 0 Å². The van der Waals surface area contributed by atoms with Crippen molar-refractivity contribution in [2.75, 3.05) is 0 Å². The third-order valence-electron chi connectivity index (χ3n) is 1.18. The number of rotatable bonds is 0. The van der Waals surface area contributed by atoms with Crippen molar-refractivity contribution in [3.63, 3.8) is 0 Å². The van der Waals surface area contributed by atoms with Crippen LogP contribution in [0.15, 0.2) is 18.2 Å². The molecule has 1 aromatic carbocycles. The minimum absolute atomic E-state index is 0.160. The van der Waals surface area contributed by atoms with Gasteiger partial charge in [0.1, 0.15) is 5.75 Å². The van der Waals surface area contributed by atoms with Gasteiger partial charge in [0, 0.05) is 26.8 Å². The average molecular weight is 311 g/mol. The van der Waals surface area contributed by atoms with Crippen LogP contribution in [0.3, 0.4) is 0 Å². The normalized spacial score (nSPS) is 8.83. The van der Waals surface area contributed by atoms with Gasteiger partial charge in [-0.1, -0.05) is 17.5 Å². The molecule has 0 spiro atoms. The molecule has 0 aliphatic carbocycles. The zero-order valence-corrected chi connectivity index (χ0v) is 9.57. The van der Waals surface area contributed by atoms with Gasteiger partial charge >= 0.3 is 0 Å². The van der Waals surface area contributed by atoms with Crippen molar-refractivity contribution in [1.29, 1.82) is 0 Å². The van der Waals surface area contributed by atoms with Crippen LogP contribution in [-0.2, 0) is 0 Å². The molecule has 0 atom stereocenters. The zero-order chi connectivity index (χ0) is 8.97. The second kappa shape index (κ2) is 4.85. The molecule has 0 amide bonds. The van der Waals surface area contributed by atoms with Gasteiger partial charge in [-0.05, 0) is 32.4 Å². The average Bonchev–Trinajstić information content (AvgIpc) is 2.03. The Morgan fingerprint density at radius 1 is 1.50 bits per heavy atom. The fraction of sp³-hybridized carbons (Fsp3) is 0. The summed E-state index contributed by atoms with van der Waals surface area (Å²) in [5.74, 6) is 3.01. The topological polar surface area (TPSA) is 20.2 Å². The van der Waals surface area contributed by atoms with Crippen LogP contribution >= 0.6 is 41.7 Å². The third kappa shape index (κ3) is 2.77. The summed E-state index contributed by atoms with van der Waals surface area (Å²) in [4.78, 5) is 0. The van der Waals surface area contributed by atoms with Crippen LogP contribution in [0.5, 0.6) is 5.75 Å². The number of halogens is 2. The Hall–Kier alpha value is -0.0500. The smallest absolute Gasteiger partial charge is 0.117 e. The monoisotopic (exact) mass is 310 g/mol. The first-order valence-electron chi connectivity index (χ1n) is 3.01. The molecular formula is C8H4ClIOS. The van der Waals surface area contributed by atoms with Crippen molar-refractivity contribution in [1.82, 2.24) is 0 Å². The van der Waals surface area contributed by atoms with E-state index in [9.17, 15) is 0 Å². The molecule has 0 saturated carbocycles. The Morgan fingerprint density at radius 2 is 2.25 bits per heavy atom.